The van der Waals surface area contributed by atoms with Crippen molar-refractivity contribution in [1.29, 1.82) is 5.26 Å². The van der Waals surface area contributed by atoms with Crippen molar-refractivity contribution in [3.05, 3.63) is 64.2 Å². The summed E-state index contributed by atoms with van der Waals surface area (Å²) >= 11 is 1.49. The molecule has 148 valence electrons. The highest BCUT2D eigenvalue weighted by atomic mass is 32.1. The Morgan fingerprint density at radius 1 is 1.16 bits per heavy atom. The van der Waals surface area contributed by atoms with Gasteiger partial charge in [-0.2, -0.15) is 15.0 Å². The Labute approximate surface area is 177 Å². The molecule has 0 fully saturated rings. The molecular weight excluding hydrogens is 412 g/mol. The Morgan fingerprint density at radius 2 is 2.00 bits per heavy atom. The zero-order chi connectivity index (χ0) is 21.3. The number of aromatic amines is 1. The van der Waals surface area contributed by atoms with Gasteiger partial charge in [0.2, 0.25) is 5.13 Å². The first-order chi connectivity index (χ1) is 15.1. The smallest absolute Gasteiger partial charge is 0.270 e. The number of aryl methyl sites for hydroxylation is 1. The lowest BCUT2D eigenvalue weighted by molar-refractivity contribution is 0.478. The van der Waals surface area contributed by atoms with Gasteiger partial charge in [-0.25, -0.2) is 9.97 Å². The van der Waals surface area contributed by atoms with E-state index < -0.39 is 5.56 Å². The van der Waals surface area contributed by atoms with Gasteiger partial charge in [-0.3, -0.25) is 4.79 Å². The van der Waals surface area contributed by atoms with E-state index in [0.717, 1.165) is 21.0 Å². The lowest BCUT2D eigenvalue weighted by Gasteiger charge is -2.07. The molecule has 4 heterocycles. The molecule has 0 spiro atoms. The highest BCUT2D eigenvalue weighted by Crippen LogP contribution is 2.35. The van der Waals surface area contributed by atoms with Crippen LogP contribution in [0.25, 0.3) is 48.1 Å². The van der Waals surface area contributed by atoms with Crippen molar-refractivity contribution >= 4 is 54.3 Å². The van der Waals surface area contributed by atoms with E-state index in [1.807, 2.05) is 30.3 Å². The number of nitrogens with one attached hydrogen (secondary N) is 1. The molecule has 6 aromatic rings. The molecule has 0 amide bonds. The third-order valence-corrected chi connectivity index (χ3v) is 6.40. The minimum Gasteiger partial charge on any atom is -0.506 e. The van der Waals surface area contributed by atoms with Crippen molar-refractivity contribution in [2.75, 3.05) is 0 Å². The SMILES string of the molecule is Cc1nc2c(cnn2-c2nc3c(ccc4ccccc43)s2)c2[nH]c(=O)c(C#N)c(O)c12. The van der Waals surface area contributed by atoms with Crippen molar-refractivity contribution < 1.29 is 5.11 Å². The molecule has 4 aromatic heterocycles. The Kier molecular flexibility index (Phi) is 3.46. The topological polar surface area (TPSA) is 120 Å². The van der Waals surface area contributed by atoms with E-state index in [4.69, 9.17) is 4.98 Å². The Hall–Kier alpha value is -4.29. The average Bonchev–Trinajstić information content (AvgIpc) is 3.37. The van der Waals surface area contributed by atoms with Crippen LogP contribution < -0.4 is 5.56 Å². The first-order valence-electron chi connectivity index (χ1n) is 9.39. The molecule has 0 radical (unpaired) electrons. The van der Waals surface area contributed by atoms with Crippen LogP contribution in [0.2, 0.25) is 0 Å². The van der Waals surface area contributed by atoms with Crippen LogP contribution >= 0.6 is 11.3 Å². The largest absolute Gasteiger partial charge is 0.506 e. The lowest BCUT2D eigenvalue weighted by Crippen LogP contribution is -2.11. The normalized spacial score (nSPS) is 11.6. The average molecular weight is 424 g/mol. The molecule has 0 bridgehead atoms. The number of H-pyrrole nitrogens is 1. The number of thiazole rings is 1. The minimum absolute atomic E-state index is 0.331. The Bertz CT molecular complexity index is 1800. The van der Waals surface area contributed by atoms with E-state index in [-0.39, 0.29) is 11.3 Å². The van der Waals surface area contributed by atoms with Crippen LogP contribution in [0.4, 0.5) is 0 Å². The second-order valence-corrected chi connectivity index (χ2v) is 8.17. The number of fused-ring (bicyclic) bond motifs is 6. The summed E-state index contributed by atoms with van der Waals surface area (Å²) in [5.41, 5.74) is 1.28. The summed E-state index contributed by atoms with van der Waals surface area (Å²) in [4.78, 5) is 24.4. The van der Waals surface area contributed by atoms with Crippen LogP contribution in [0.15, 0.2) is 47.4 Å². The van der Waals surface area contributed by atoms with Crippen LogP contribution in [0.3, 0.4) is 0 Å². The number of pyridine rings is 2. The second-order valence-electron chi connectivity index (χ2n) is 7.16. The molecule has 0 saturated heterocycles. The van der Waals surface area contributed by atoms with E-state index in [0.29, 0.717) is 32.8 Å². The molecule has 2 aromatic carbocycles. The van der Waals surface area contributed by atoms with Crippen molar-refractivity contribution in [3.8, 4) is 17.0 Å². The Balaban J connectivity index is 1.67. The fraction of sp³-hybridized carbons (Fsp3) is 0.0455. The molecule has 0 aliphatic rings. The quantitative estimate of drug-likeness (QED) is 0.413. The maximum absolute atomic E-state index is 12.3. The van der Waals surface area contributed by atoms with Gasteiger partial charge in [-0.1, -0.05) is 41.7 Å². The second kappa shape index (κ2) is 6.10. The summed E-state index contributed by atoms with van der Waals surface area (Å²) < 4.78 is 2.66. The van der Waals surface area contributed by atoms with Crippen molar-refractivity contribution in [2.45, 2.75) is 6.92 Å². The number of hydrogen-bond acceptors (Lipinski definition) is 7. The summed E-state index contributed by atoms with van der Waals surface area (Å²) in [6, 6.07) is 13.9. The maximum Gasteiger partial charge on any atom is 0.270 e. The first-order valence-corrected chi connectivity index (χ1v) is 10.2. The number of aromatic nitrogens is 5. The molecule has 0 unspecified atom stereocenters. The lowest BCUT2D eigenvalue weighted by atomic mass is 10.1. The summed E-state index contributed by atoms with van der Waals surface area (Å²) in [6.45, 7) is 1.71. The fourth-order valence-corrected chi connectivity index (χ4v) is 4.91. The molecule has 6 rings (SSSR count). The van der Waals surface area contributed by atoms with Gasteiger partial charge in [0, 0.05) is 5.39 Å². The number of rotatable bonds is 1. The standard InChI is InChI=1S/C22H12N6O2S/c1-10-16-18(26-21(30)13(8-23)19(16)29)14-9-24-28(20(14)25-10)22-27-17-12-5-3-2-4-11(12)6-7-15(17)31-22/h2-7,9H,1H3,(H2,26,29,30). The predicted molar refractivity (Wildman–Crippen MR) is 119 cm³/mol. The molecule has 2 N–H and O–H groups in total. The van der Waals surface area contributed by atoms with E-state index >= 15 is 0 Å². The zero-order valence-corrected chi connectivity index (χ0v) is 16.9. The molecule has 31 heavy (non-hydrogen) atoms. The summed E-state index contributed by atoms with van der Waals surface area (Å²) in [6.07, 6.45) is 1.58. The van der Waals surface area contributed by atoms with Crippen LogP contribution in [0, 0.1) is 18.3 Å². The maximum atomic E-state index is 12.3. The number of nitriles is 1. The van der Waals surface area contributed by atoms with Gasteiger partial charge in [0.05, 0.1) is 38.4 Å². The van der Waals surface area contributed by atoms with Crippen molar-refractivity contribution in [1.82, 2.24) is 24.7 Å². The molecule has 0 saturated carbocycles. The van der Waals surface area contributed by atoms with Crippen molar-refractivity contribution in [2.24, 2.45) is 0 Å². The molecule has 0 aliphatic carbocycles. The zero-order valence-electron chi connectivity index (χ0n) is 16.0. The van der Waals surface area contributed by atoms with E-state index in [1.54, 1.807) is 23.9 Å². The Morgan fingerprint density at radius 3 is 2.84 bits per heavy atom. The third-order valence-electron chi connectivity index (χ3n) is 5.40. The van der Waals surface area contributed by atoms with Gasteiger partial charge >= 0.3 is 0 Å². The third kappa shape index (κ3) is 2.33. The van der Waals surface area contributed by atoms with Crippen LogP contribution in [0.1, 0.15) is 11.3 Å². The monoisotopic (exact) mass is 424 g/mol. The number of nitrogens with zero attached hydrogens (tertiary/aromatic N) is 5. The molecule has 0 atom stereocenters. The van der Waals surface area contributed by atoms with Crippen LogP contribution in [-0.2, 0) is 0 Å². The summed E-state index contributed by atoms with van der Waals surface area (Å²) in [7, 11) is 0. The van der Waals surface area contributed by atoms with E-state index in [1.165, 1.54) is 11.3 Å². The predicted octanol–water partition coefficient (Wildman–Crippen LogP) is 3.91. The van der Waals surface area contributed by atoms with Gasteiger partial charge in [-0.05, 0) is 18.4 Å². The molecule has 0 aliphatic heterocycles. The van der Waals surface area contributed by atoms with Gasteiger partial charge in [0.25, 0.3) is 5.56 Å². The first kappa shape index (κ1) is 17.6. The fourth-order valence-electron chi connectivity index (χ4n) is 3.97. The highest BCUT2D eigenvalue weighted by molar-refractivity contribution is 7.21. The summed E-state index contributed by atoms with van der Waals surface area (Å²) in [5.74, 6) is -0.368. The van der Waals surface area contributed by atoms with Crippen LogP contribution in [-0.4, -0.2) is 29.8 Å². The minimum atomic E-state index is -0.654. The molecular formula is C22H12N6O2S. The number of hydrogen-bond donors (Lipinski definition) is 2. The van der Waals surface area contributed by atoms with Crippen LogP contribution in [0.5, 0.6) is 5.75 Å². The molecule has 9 heteroatoms. The van der Waals surface area contributed by atoms with Crippen molar-refractivity contribution in [3.63, 3.8) is 0 Å². The highest BCUT2D eigenvalue weighted by Gasteiger charge is 2.20. The molecule has 8 nitrogen and oxygen atoms in total. The van der Waals surface area contributed by atoms with Gasteiger partial charge in [0.15, 0.2) is 11.2 Å². The van der Waals surface area contributed by atoms with E-state index in [2.05, 4.69) is 21.1 Å². The van der Waals surface area contributed by atoms with Gasteiger partial charge in [0.1, 0.15) is 11.8 Å². The van der Waals surface area contributed by atoms with Gasteiger partial charge in [-0.15, -0.1) is 0 Å². The summed E-state index contributed by atoms with van der Waals surface area (Å²) in [5, 5.41) is 27.8. The van der Waals surface area contributed by atoms with E-state index in [9.17, 15) is 15.2 Å². The number of benzene rings is 2. The van der Waals surface area contributed by atoms with Gasteiger partial charge < -0.3 is 10.1 Å². The number of aromatic hydroxyl groups is 1.